The normalized spacial score (nSPS) is 11.8. The van der Waals surface area contributed by atoms with Crippen LogP contribution in [0.4, 0.5) is 13.2 Å². The minimum atomic E-state index is -4.44. The van der Waals surface area contributed by atoms with Crippen LogP contribution in [0.2, 0.25) is 0 Å². The minimum Gasteiger partial charge on any atom is -0.309 e. The van der Waals surface area contributed by atoms with Gasteiger partial charge in [0, 0.05) is 33.0 Å². The van der Waals surface area contributed by atoms with Gasteiger partial charge in [0.05, 0.1) is 22.3 Å². The Morgan fingerprint density at radius 1 is 0.356 bits per heavy atom. The first-order chi connectivity index (χ1) is 35.7. The number of benzene rings is 10. The van der Waals surface area contributed by atoms with Gasteiger partial charge in [-0.05, 0) is 86.3 Å². The molecule has 0 N–H and O–H groups in total. The average Bonchev–Trinajstić information content (AvgIpc) is 3.77. The molecular weight excluding hydrogens is 922 g/mol. The highest BCUT2D eigenvalue weighted by molar-refractivity contribution is 7.19. The lowest BCUT2D eigenvalue weighted by molar-refractivity contribution is -0.137. The number of aromatic nitrogens is 4. The van der Waals surface area contributed by atoms with Crippen molar-refractivity contribution in [2.24, 2.45) is 0 Å². The van der Waals surface area contributed by atoms with Crippen LogP contribution in [0.1, 0.15) is 11.1 Å². The zero-order valence-electron chi connectivity index (χ0n) is 39.7. The Kier molecular flexibility index (Phi) is 11.5. The molecule has 0 fully saturated rings. The number of aryl methyl sites for hydroxylation is 1. The van der Waals surface area contributed by atoms with E-state index in [0.29, 0.717) is 23.0 Å². The van der Waals surface area contributed by atoms with Crippen molar-refractivity contribution in [3.05, 3.63) is 266 Å². The molecule has 2 aromatic heterocycles. The van der Waals surface area contributed by atoms with Crippen molar-refractivity contribution in [3.63, 3.8) is 0 Å². The molecule has 0 saturated carbocycles. The van der Waals surface area contributed by atoms with E-state index in [4.69, 9.17) is 15.0 Å². The Balaban J connectivity index is 1.12. The topological polar surface area (TPSA) is 43.6 Å². The van der Waals surface area contributed by atoms with Crippen LogP contribution in [0.3, 0.4) is 0 Å². The molecule has 2 heterocycles. The van der Waals surface area contributed by atoms with Gasteiger partial charge in [-0.2, -0.15) is 13.2 Å². The van der Waals surface area contributed by atoms with Gasteiger partial charge in [0.1, 0.15) is 0 Å². The van der Waals surface area contributed by atoms with Crippen LogP contribution in [0.25, 0.3) is 83.9 Å². The van der Waals surface area contributed by atoms with Gasteiger partial charge in [-0.1, -0.05) is 218 Å². The van der Waals surface area contributed by atoms with Crippen LogP contribution in [0, 0.1) is 6.92 Å². The van der Waals surface area contributed by atoms with Crippen molar-refractivity contribution in [3.8, 4) is 62.1 Å². The molecule has 73 heavy (non-hydrogen) atoms. The summed E-state index contributed by atoms with van der Waals surface area (Å²) in [6.07, 6.45) is -4.44. The molecule has 0 saturated heterocycles. The Morgan fingerprint density at radius 3 is 1.37 bits per heavy atom. The summed E-state index contributed by atoms with van der Waals surface area (Å²) in [7, 11) is -2.93. The number of halogens is 3. The summed E-state index contributed by atoms with van der Waals surface area (Å²) in [5.74, 6) is 1.66. The maximum absolute atomic E-state index is 13.8. The van der Waals surface area contributed by atoms with E-state index in [9.17, 15) is 13.2 Å². The first kappa shape index (κ1) is 45.2. The van der Waals surface area contributed by atoms with Gasteiger partial charge in [0.2, 0.25) is 0 Å². The molecule has 12 aromatic rings. The molecule has 0 aliphatic heterocycles. The third-order valence-electron chi connectivity index (χ3n) is 14.0. The molecule has 350 valence electrons. The van der Waals surface area contributed by atoms with E-state index in [2.05, 4.69) is 162 Å². The van der Waals surface area contributed by atoms with Crippen molar-refractivity contribution >= 4 is 50.6 Å². The Morgan fingerprint density at radius 2 is 0.808 bits per heavy atom. The van der Waals surface area contributed by atoms with E-state index in [-0.39, 0.29) is 0 Å². The predicted molar refractivity (Wildman–Crippen MR) is 295 cm³/mol. The van der Waals surface area contributed by atoms with Crippen LogP contribution in [0.15, 0.2) is 255 Å². The fourth-order valence-corrected chi connectivity index (χ4v) is 15.4. The highest BCUT2D eigenvalue weighted by atomic mass is 28.3. The SMILES string of the molecule is Cc1cc(C(F)(F)F)ccc1-c1ccc2c(c1)c1ccccc1n2-c1cc(-c2nc(-c3ccccc3)nc(-c3ccccc3)n2)ccc1-c1cccc([Si](c2ccccc2)(c2ccccc2)c2ccccc2)c1. The fourth-order valence-electron chi connectivity index (χ4n) is 10.6. The van der Waals surface area contributed by atoms with E-state index in [1.165, 1.54) is 32.9 Å². The molecular formula is C65H45F3N4Si. The molecule has 4 nitrogen and oxygen atoms in total. The lowest BCUT2D eigenvalue weighted by Gasteiger charge is -2.34. The zero-order chi connectivity index (χ0) is 49.5. The molecule has 0 radical (unpaired) electrons. The van der Waals surface area contributed by atoms with Crippen molar-refractivity contribution in [1.29, 1.82) is 0 Å². The third kappa shape index (κ3) is 8.21. The fraction of sp³-hybridized carbons (Fsp3) is 0.0308. The van der Waals surface area contributed by atoms with Crippen LogP contribution in [0.5, 0.6) is 0 Å². The number of hydrogen-bond acceptors (Lipinski definition) is 3. The van der Waals surface area contributed by atoms with Gasteiger partial charge >= 0.3 is 6.18 Å². The second-order valence-electron chi connectivity index (χ2n) is 18.3. The summed E-state index contributed by atoms with van der Waals surface area (Å²) >= 11 is 0. The molecule has 0 bridgehead atoms. The maximum Gasteiger partial charge on any atom is 0.416 e. The van der Waals surface area contributed by atoms with Crippen LogP contribution in [-0.2, 0) is 6.18 Å². The van der Waals surface area contributed by atoms with Crippen molar-refractivity contribution in [2.45, 2.75) is 13.1 Å². The van der Waals surface area contributed by atoms with Gasteiger partial charge in [-0.25, -0.2) is 15.0 Å². The van der Waals surface area contributed by atoms with Gasteiger partial charge < -0.3 is 4.57 Å². The maximum atomic E-state index is 13.8. The molecule has 0 amide bonds. The molecule has 8 heteroatoms. The largest absolute Gasteiger partial charge is 0.416 e. The Hall–Kier alpha value is -8.98. The number of fused-ring (bicyclic) bond motifs is 3. The average molecular weight is 967 g/mol. The van der Waals surface area contributed by atoms with E-state index < -0.39 is 19.8 Å². The highest BCUT2D eigenvalue weighted by Gasteiger charge is 2.41. The summed E-state index contributed by atoms with van der Waals surface area (Å²) in [5.41, 5.74) is 8.87. The van der Waals surface area contributed by atoms with Gasteiger partial charge in [0.15, 0.2) is 25.5 Å². The molecule has 0 aliphatic rings. The summed E-state index contributed by atoms with van der Waals surface area (Å²) in [4.78, 5) is 15.4. The number of rotatable bonds is 10. The van der Waals surface area contributed by atoms with Gasteiger partial charge in [0.25, 0.3) is 0 Å². The molecule has 10 aromatic carbocycles. The second kappa shape index (κ2) is 18.6. The second-order valence-corrected chi connectivity index (χ2v) is 22.1. The first-order valence-corrected chi connectivity index (χ1v) is 26.2. The van der Waals surface area contributed by atoms with Crippen molar-refractivity contribution < 1.29 is 13.2 Å². The number of alkyl halides is 3. The summed E-state index contributed by atoms with van der Waals surface area (Å²) < 4.78 is 43.8. The smallest absolute Gasteiger partial charge is 0.309 e. The number of nitrogens with zero attached hydrogens (tertiary/aromatic N) is 4. The number of para-hydroxylation sites is 1. The standard InChI is InChI=1S/C65H45F3N4Si/c1-44-40-50(65(66,67)68)36-38-55(44)48-35-39-60-58(42-48)57-32-17-18-33-59(57)72(60)61-43-49(64-70-62(45-20-7-2-8-21-45)69-63(71-64)46-22-9-3-10-23-46)34-37-56(61)47-24-19-31-54(41-47)73(51-25-11-4-12-26-51,52-27-13-5-14-28-52)53-29-15-6-16-30-53/h2-43H,1H3. The summed E-state index contributed by atoms with van der Waals surface area (Å²) in [5, 5.41) is 7.05. The van der Waals surface area contributed by atoms with E-state index in [1.807, 2.05) is 78.9 Å². The molecule has 0 spiro atoms. The van der Waals surface area contributed by atoms with Crippen molar-refractivity contribution in [2.75, 3.05) is 0 Å². The van der Waals surface area contributed by atoms with E-state index in [0.717, 1.165) is 66.4 Å². The molecule has 0 atom stereocenters. The molecule has 0 unspecified atom stereocenters. The monoisotopic (exact) mass is 966 g/mol. The zero-order valence-corrected chi connectivity index (χ0v) is 40.7. The number of hydrogen-bond donors (Lipinski definition) is 0. The van der Waals surface area contributed by atoms with E-state index >= 15 is 0 Å². The molecule has 12 rings (SSSR count). The Labute approximate surface area is 422 Å². The van der Waals surface area contributed by atoms with Crippen molar-refractivity contribution in [1.82, 2.24) is 19.5 Å². The van der Waals surface area contributed by atoms with Crippen LogP contribution in [-0.4, -0.2) is 27.6 Å². The Bertz CT molecular complexity index is 3800. The van der Waals surface area contributed by atoms with Crippen LogP contribution >= 0.6 is 0 Å². The summed E-state index contributed by atoms with van der Waals surface area (Å²) in [6.45, 7) is 1.74. The first-order valence-electron chi connectivity index (χ1n) is 24.2. The van der Waals surface area contributed by atoms with Crippen LogP contribution < -0.4 is 20.7 Å². The highest BCUT2D eigenvalue weighted by Crippen LogP contribution is 2.41. The lowest BCUT2D eigenvalue weighted by atomic mass is 9.97. The predicted octanol–water partition coefficient (Wildman–Crippen LogP) is 14.0. The van der Waals surface area contributed by atoms with Gasteiger partial charge in [-0.15, -0.1) is 0 Å². The minimum absolute atomic E-state index is 0.527. The van der Waals surface area contributed by atoms with Gasteiger partial charge in [-0.3, -0.25) is 0 Å². The lowest BCUT2D eigenvalue weighted by Crippen LogP contribution is -2.74. The molecule has 0 aliphatic carbocycles. The van der Waals surface area contributed by atoms with E-state index in [1.54, 1.807) is 13.0 Å². The summed E-state index contributed by atoms with van der Waals surface area (Å²) in [6, 6.07) is 86.8. The quantitative estimate of drug-likeness (QED) is 0.101. The third-order valence-corrected chi connectivity index (χ3v) is 18.7.